The summed E-state index contributed by atoms with van der Waals surface area (Å²) in [7, 11) is 0. The third kappa shape index (κ3) is 3.56. The lowest BCUT2D eigenvalue weighted by atomic mass is 10.3. The molecule has 0 aliphatic carbocycles. The number of para-hydroxylation sites is 1. The van der Waals surface area contributed by atoms with E-state index in [4.69, 9.17) is 16.0 Å². The van der Waals surface area contributed by atoms with Crippen molar-refractivity contribution in [3.05, 3.63) is 53.6 Å². The molecule has 0 atom stereocenters. The second-order valence-electron chi connectivity index (χ2n) is 4.29. The number of benzene rings is 2. The Morgan fingerprint density at radius 1 is 1.24 bits per heavy atom. The number of hydrogen-bond donors (Lipinski definition) is 1. The molecule has 21 heavy (non-hydrogen) atoms. The van der Waals surface area contributed by atoms with Crippen LogP contribution < -0.4 is 5.32 Å². The molecule has 1 heterocycles. The van der Waals surface area contributed by atoms with Crippen molar-refractivity contribution >= 4 is 46.1 Å². The zero-order valence-electron chi connectivity index (χ0n) is 10.9. The van der Waals surface area contributed by atoms with E-state index < -0.39 is 0 Å². The normalized spacial score (nSPS) is 10.7. The van der Waals surface area contributed by atoms with E-state index in [0.29, 0.717) is 21.3 Å². The number of carbonyl (C=O) groups is 1. The summed E-state index contributed by atoms with van der Waals surface area (Å²) in [6, 6.07) is 14.5. The van der Waals surface area contributed by atoms with E-state index >= 15 is 0 Å². The van der Waals surface area contributed by atoms with Crippen molar-refractivity contribution in [2.24, 2.45) is 0 Å². The van der Waals surface area contributed by atoms with Crippen molar-refractivity contribution in [3.8, 4) is 0 Å². The molecule has 3 rings (SSSR count). The Labute approximate surface area is 130 Å². The highest BCUT2D eigenvalue weighted by molar-refractivity contribution is 7.99. The summed E-state index contributed by atoms with van der Waals surface area (Å²) in [4.78, 5) is 16.1. The van der Waals surface area contributed by atoms with Gasteiger partial charge in [-0.15, -0.1) is 0 Å². The molecule has 0 radical (unpaired) electrons. The Morgan fingerprint density at radius 2 is 2.05 bits per heavy atom. The number of rotatable bonds is 4. The number of hydrogen-bond acceptors (Lipinski definition) is 4. The first kappa shape index (κ1) is 14.0. The molecule has 2 aromatic carbocycles. The van der Waals surface area contributed by atoms with Gasteiger partial charge < -0.3 is 9.73 Å². The van der Waals surface area contributed by atoms with Gasteiger partial charge in [-0.05, 0) is 30.3 Å². The minimum absolute atomic E-state index is 0.105. The molecule has 0 spiro atoms. The Kier molecular flexibility index (Phi) is 4.13. The van der Waals surface area contributed by atoms with Crippen LogP contribution in [0.5, 0.6) is 0 Å². The number of thioether (sulfide) groups is 1. The zero-order chi connectivity index (χ0) is 14.7. The smallest absolute Gasteiger partial charge is 0.257 e. The predicted molar refractivity (Wildman–Crippen MR) is 84.8 cm³/mol. The number of carbonyl (C=O) groups excluding carboxylic acids is 1. The van der Waals surface area contributed by atoms with Crippen LogP contribution in [-0.2, 0) is 4.79 Å². The van der Waals surface area contributed by atoms with E-state index in [9.17, 15) is 4.79 Å². The number of anilines is 1. The molecule has 0 saturated heterocycles. The van der Waals surface area contributed by atoms with Gasteiger partial charge in [-0.25, -0.2) is 4.98 Å². The molecule has 6 heteroatoms. The molecule has 1 amide bonds. The highest BCUT2D eigenvalue weighted by atomic mass is 35.5. The third-order valence-corrected chi connectivity index (χ3v) is 3.78. The molecule has 0 unspecified atom stereocenters. The minimum Gasteiger partial charge on any atom is -0.431 e. The SMILES string of the molecule is O=C(CSc1nc2cc(Cl)ccc2o1)Nc1ccccc1. The Balaban J connectivity index is 1.62. The molecule has 0 saturated carbocycles. The summed E-state index contributed by atoms with van der Waals surface area (Å²) in [5.41, 5.74) is 2.12. The molecule has 0 aliphatic heterocycles. The van der Waals surface area contributed by atoms with Crippen molar-refractivity contribution in [2.45, 2.75) is 5.22 Å². The van der Waals surface area contributed by atoms with Gasteiger partial charge in [0.15, 0.2) is 5.58 Å². The first-order chi connectivity index (χ1) is 10.2. The molecular weight excluding hydrogens is 308 g/mol. The predicted octanol–water partition coefficient (Wildman–Crippen LogP) is 4.21. The standard InChI is InChI=1S/C15H11ClN2O2S/c16-10-6-7-13-12(8-10)18-15(20-13)21-9-14(19)17-11-4-2-1-3-5-11/h1-8H,9H2,(H,17,19). The van der Waals surface area contributed by atoms with Crippen LogP contribution in [0, 0.1) is 0 Å². The maximum atomic E-state index is 11.8. The summed E-state index contributed by atoms with van der Waals surface area (Å²) >= 11 is 7.14. The number of amides is 1. The number of aromatic nitrogens is 1. The van der Waals surface area contributed by atoms with Crippen molar-refractivity contribution in [3.63, 3.8) is 0 Å². The molecule has 1 N–H and O–H groups in total. The van der Waals surface area contributed by atoms with Gasteiger partial charge in [0, 0.05) is 10.7 Å². The zero-order valence-corrected chi connectivity index (χ0v) is 12.4. The molecule has 3 aromatic rings. The highest BCUT2D eigenvalue weighted by Gasteiger charge is 2.09. The fraction of sp³-hybridized carbons (Fsp3) is 0.0667. The second-order valence-corrected chi connectivity index (χ2v) is 5.66. The first-order valence-corrected chi connectivity index (χ1v) is 7.61. The monoisotopic (exact) mass is 318 g/mol. The van der Waals surface area contributed by atoms with Crippen molar-refractivity contribution in [2.75, 3.05) is 11.1 Å². The van der Waals surface area contributed by atoms with Gasteiger partial charge in [-0.3, -0.25) is 4.79 Å². The summed E-state index contributed by atoms with van der Waals surface area (Å²) < 4.78 is 5.54. The van der Waals surface area contributed by atoms with Crippen LogP contribution in [-0.4, -0.2) is 16.6 Å². The van der Waals surface area contributed by atoms with Crippen LogP contribution in [0.15, 0.2) is 58.2 Å². The topological polar surface area (TPSA) is 55.1 Å². The van der Waals surface area contributed by atoms with E-state index in [2.05, 4.69) is 10.3 Å². The number of fused-ring (bicyclic) bond motifs is 1. The molecule has 0 fully saturated rings. The first-order valence-electron chi connectivity index (χ1n) is 6.24. The highest BCUT2D eigenvalue weighted by Crippen LogP contribution is 2.25. The molecular formula is C15H11ClN2O2S. The summed E-state index contributed by atoms with van der Waals surface area (Å²) in [5, 5.41) is 3.86. The van der Waals surface area contributed by atoms with Gasteiger partial charge in [-0.2, -0.15) is 0 Å². The number of halogens is 1. The van der Waals surface area contributed by atoms with E-state index in [0.717, 1.165) is 5.69 Å². The molecule has 0 aliphatic rings. The van der Waals surface area contributed by atoms with Crippen LogP contribution in [0.3, 0.4) is 0 Å². The van der Waals surface area contributed by atoms with Gasteiger partial charge in [0.25, 0.3) is 5.22 Å². The molecule has 1 aromatic heterocycles. The van der Waals surface area contributed by atoms with Gasteiger partial charge in [0.1, 0.15) is 5.52 Å². The van der Waals surface area contributed by atoms with E-state index in [1.54, 1.807) is 18.2 Å². The number of nitrogens with one attached hydrogen (secondary N) is 1. The molecule has 0 bridgehead atoms. The van der Waals surface area contributed by atoms with E-state index in [-0.39, 0.29) is 11.7 Å². The lowest BCUT2D eigenvalue weighted by Crippen LogP contribution is -2.13. The largest absolute Gasteiger partial charge is 0.431 e. The van der Waals surface area contributed by atoms with Crippen LogP contribution in [0.2, 0.25) is 5.02 Å². The van der Waals surface area contributed by atoms with E-state index in [1.807, 2.05) is 30.3 Å². The summed E-state index contributed by atoms with van der Waals surface area (Å²) in [6.45, 7) is 0. The minimum atomic E-state index is -0.105. The van der Waals surface area contributed by atoms with Crippen molar-refractivity contribution in [1.29, 1.82) is 0 Å². The molecule has 4 nitrogen and oxygen atoms in total. The fourth-order valence-electron chi connectivity index (χ4n) is 1.79. The van der Waals surface area contributed by atoms with Gasteiger partial charge in [-0.1, -0.05) is 41.6 Å². The average molecular weight is 319 g/mol. The van der Waals surface area contributed by atoms with Crippen LogP contribution in [0.4, 0.5) is 5.69 Å². The van der Waals surface area contributed by atoms with Crippen LogP contribution in [0.1, 0.15) is 0 Å². The fourth-order valence-corrected chi connectivity index (χ4v) is 2.59. The summed E-state index contributed by atoms with van der Waals surface area (Å²) in [6.07, 6.45) is 0. The Hall–Kier alpha value is -1.98. The van der Waals surface area contributed by atoms with E-state index in [1.165, 1.54) is 11.8 Å². The van der Waals surface area contributed by atoms with Crippen LogP contribution in [0.25, 0.3) is 11.1 Å². The van der Waals surface area contributed by atoms with Gasteiger partial charge in [0.05, 0.1) is 5.75 Å². The van der Waals surface area contributed by atoms with Gasteiger partial charge in [0.2, 0.25) is 5.91 Å². The number of nitrogens with zero attached hydrogens (tertiary/aromatic N) is 1. The average Bonchev–Trinajstić information content (AvgIpc) is 2.88. The Morgan fingerprint density at radius 3 is 2.86 bits per heavy atom. The van der Waals surface area contributed by atoms with Gasteiger partial charge >= 0.3 is 0 Å². The number of oxazole rings is 1. The quantitative estimate of drug-likeness (QED) is 0.732. The lowest BCUT2D eigenvalue weighted by Gasteiger charge is -2.02. The second kappa shape index (κ2) is 6.20. The Bertz CT molecular complexity index is 774. The summed E-state index contributed by atoms with van der Waals surface area (Å²) in [5.74, 6) is 0.126. The van der Waals surface area contributed by atoms with Crippen LogP contribution >= 0.6 is 23.4 Å². The van der Waals surface area contributed by atoms with Crippen molar-refractivity contribution < 1.29 is 9.21 Å². The molecule has 106 valence electrons. The third-order valence-electron chi connectivity index (χ3n) is 2.71. The lowest BCUT2D eigenvalue weighted by molar-refractivity contribution is -0.113. The maximum Gasteiger partial charge on any atom is 0.257 e. The maximum absolute atomic E-state index is 11.8. The van der Waals surface area contributed by atoms with Crippen molar-refractivity contribution in [1.82, 2.24) is 4.98 Å².